The van der Waals surface area contributed by atoms with Crippen molar-refractivity contribution in [3.8, 4) is 11.8 Å². The molecule has 0 unspecified atom stereocenters. The molecule has 1 rings (SSSR count). The van der Waals surface area contributed by atoms with Crippen molar-refractivity contribution in [2.24, 2.45) is 0 Å². The van der Waals surface area contributed by atoms with Crippen LogP contribution in [0.15, 0.2) is 0 Å². The van der Waals surface area contributed by atoms with E-state index in [4.69, 9.17) is 4.74 Å². The number of carbonyl (C=O) groups excluding carboxylic acids is 1. The lowest BCUT2D eigenvalue weighted by Crippen LogP contribution is -2.38. The van der Waals surface area contributed by atoms with Gasteiger partial charge in [0.2, 0.25) is 0 Å². The van der Waals surface area contributed by atoms with Gasteiger partial charge < -0.3 is 10.1 Å². The highest BCUT2D eigenvalue weighted by Gasteiger charge is 2.08. The molecule has 1 saturated heterocycles. The van der Waals surface area contributed by atoms with Crippen molar-refractivity contribution in [1.82, 2.24) is 10.2 Å². The van der Waals surface area contributed by atoms with Gasteiger partial charge in [-0.15, -0.1) is 0 Å². The zero-order chi connectivity index (χ0) is 10.9. The second-order valence-electron chi connectivity index (χ2n) is 3.44. The molecule has 15 heavy (non-hydrogen) atoms. The third kappa shape index (κ3) is 5.40. The third-order valence-corrected chi connectivity index (χ3v) is 2.28. The van der Waals surface area contributed by atoms with Gasteiger partial charge in [0, 0.05) is 19.6 Å². The minimum atomic E-state index is -0.181. The lowest BCUT2D eigenvalue weighted by Gasteiger charge is -2.26. The number of hydrogen-bond donors (Lipinski definition) is 1. The molecule has 0 aromatic heterocycles. The predicted molar refractivity (Wildman–Crippen MR) is 58.3 cm³/mol. The van der Waals surface area contributed by atoms with Crippen LogP contribution >= 0.6 is 0 Å². The SMILES string of the molecule is CC#CC(=O)NCCCN1CCOCC1. The second-order valence-corrected chi connectivity index (χ2v) is 3.44. The van der Waals surface area contributed by atoms with Crippen LogP contribution in [0.5, 0.6) is 0 Å². The summed E-state index contributed by atoms with van der Waals surface area (Å²) >= 11 is 0. The summed E-state index contributed by atoms with van der Waals surface area (Å²) in [5, 5.41) is 2.75. The lowest BCUT2D eigenvalue weighted by atomic mass is 10.3. The lowest BCUT2D eigenvalue weighted by molar-refractivity contribution is -0.115. The smallest absolute Gasteiger partial charge is 0.295 e. The molecule has 4 nitrogen and oxygen atoms in total. The van der Waals surface area contributed by atoms with Crippen LogP contribution in [-0.4, -0.2) is 50.2 Å². The van der Waals surface area contributed by atoms with Crippen molar-refractivity contribution in [1.29, 1.82) is 0 Å². The molecule has 1 aliphatic heterocycles. The van der Waals surface area contributed by atoms with E-state index in [1.165, 1.54) is 0 Å². The maximum Gasteiger partial charge on any atom is 0.295 e. The highest BCUT2D eigenvalue weighted by Crippen LogP contribution is 1.96. The Morgan fingerprint density at radius 3 is 2.87 bits per heavy atom. The van der Waals surface area contributed by atoms with E-state index in [0.29, 0.717) is 6.54 Å². The van der Waals surface area contributed by atoms with E-state index in [2.05, 4.69) is 22.1 Å². The van der Waals surface area contributed by atoms with Crippen LogP contribution in [0.2, 0.25) is 0 Å². The van der Waals surface area contributed by atoms with Crippen molar-refractivity contribution in [2.45, 2.75) is 13.3 Å². The minimum Gasteiger partial charge on any atom is -0.379 e. The van der Waals surface area contributed by atoms with E-state index in [1.54, 1.807) is 6.92 Å². The molecule has 4 heteroatoms. The van der Waals surface area contributed by atoms with E-state index in [-0.39, 0.29) is 5.91 Å². The molecular formula is C11H18N2O2. The molecule has 1 aliphatic rings. The molecule has 0 atom stereocenters. The molecule has 0 spiro atoms. The Balaban J connectivity index is 2.00. The van der Waals surface area contributed by atoms with Crippen molar-refractivity contribution in [3.63, 3.8) is 0 Å². The topological polar surface area (TPSA) is 41.6 Å². The fourth-order valence-electron chi connectivity index (χ4n) is 1.49. The summed E-state index contributed by atoms with van der Waals surface area (Å²) in [6.45, 7) is 7.04. The van der Waals surface area contributed by atoms with Crippen molar-refractivity contribution in [2.75, 3.05) is 39.4 Å². The number of amides is 1. The van der Waals surface area contributed by atoms with Crippen LogP contribution < -0.4 is 5.32 Å². The molecule has 0 bridgehead atoms. The number of hydrogen-bond acceptors (Lipinski definition) is 3. The molecule has 0 aromatic rings. The first-order valence-corrected chi connectivity index (χ1v) is 5.33. The van der Waals surface area contributed by atoms with Crippen LogP contribution in [-0.2, 0) is 9.53 Å². The van der Waals surface area contributed by atoms with Crippen molar-refractivity contribution >= 4 is 5.91 Å². The van der Waals surface area contributed by atoms with Crippen molar-refractivity contribution in [3.05, 3.63) is 0 Å². The zero-order valence-corrected chi connectivity index (χ0v) is 9.21. The highest BCUT2D eigenvalue weighted by atomic mass is 16.5. The molecule has 1 fully saturated rings. The summed E-state index contributed by atoms with van der Waals surface area (Å²) in [4.78, 5) is 13.3. The molecule has 0 radical (unpaired) electrons. The van der Waals surface area contributed by atoms with Crippen LogP contribution in [0, 0.1) is 11.8 Å². The summed E-state index contributed by atoms with van der Waals surface area (Å²) in [5.41, 5.74) is 0. The van der Waals surface area contributed by atoms with Crippen LogP contribution in [0.3, 0.4) is 0 Å². The van der Waals surface area contributed by atoms with Gasteiger partial charge in [-0.2, -0.15) is 0 Å². The van der Waals surface area contributed by atoms with Crippen molar-refractivity contribution < 1.29 is 9.53 Å². The highest BCUT2D eigenvalue weighted by molar-refractivity contribution is 5.93. The summed E-state index contributed by atoms with van der Waals surface area (Å²) < 4.78 is 5.25. The van der Waals surface area contributed by atoms with E-state index < -0.39 is 0 Å². The fraction of sp³-hybridized carbons (Fsp3) is 0.727. The molecule has 1 N–H and O–H groups in total. The van der Waals surface area contributed by atoms with Gasteiger partial charge in [0.05, 0.1) is 13.2 Å². The quantitative estimate of drug-likeness (QED) is 0.518. The zero-order valence-electron chi connectivity index (χ0n) is 9.21. The molecule has 1 heterocycles. The standard InChI is InChI=1S/C11H18N2O2/c1-2-4-11(14)12-5-3-6-13-7-9-15-10-8-13/h3,5-10H2,1H3,(H,12,14). The van der Waals surface area contributed by atoms with Crippen LogP contribution in [0.1, 0.15) is 13.3 Å². The Labute approximate surface area is 91.0 Å². The normalized spacial score (nSPS) is 16.6. The first-order chi connectivity index (χ1) is 7.33. The van der Waals surface area contributed by atoms with E-state index in [9.17, 15) is 4.79 Å². The summed E-state index contributed by atoms with van der Waals surface area (Å²) in [6.07, 6.45) is 0.969. The maximum atomic E-state index is 11.0. The fourth-order valence-corrected chi connectivity index (χ4v) is 1.49. The largest absolute Gasteiger partial charge is 0.379 e. The van der Waals surface area contributed by atoms with Gasteiger partial charge in [0.1, 0.15) is 0 Å². The van der Waals surface area contributed by atoms with Gasteiger partial charge in [-0.05, 0) is 25.8 Å². The predicted octanol–water partition coefficient (Wildman–Crippen LogP) is -0.152. The Morgan fingerprint density at radius 2 is 2.20 bits per heavy atom. The Bertz CT molecular complexity index is 249. The van der Waals surface area contributed by atoms with Gasteiger partial charge in [-0.25, -0.2) is 0 Å². The van der Waals surface area contributed by atoms with Gasteiger partial charge in [0.25, 0.3) is 5.91 Å². The Hall–Kier alpha value is -1.05. The van der Waals surface area contributed by atoms with Crippen LogP contribution in [0.4, 0.5) is 0 Å². The van der Waals surface area contributed by atoms with Gasteiger partial charge in [-0.3, -0.25) is 9.69 Å². The first-order valence-electron chi connectivity index (χ1n) is 5.33. The first kappa shape index (κ1) is 12.0. The molecule has 0 aromatic carbocycles. The third-order valence-electron chi connectivity index (χ3n) is 2.28. The van der Waals surface area contributed by atoms with Gasteiger partial charge in [0.15, 0.2) is 0 Å². The molecule has 1 amide bonds. The average molecular weight is 210 g/mol. The number of rotatable bonds is 4. The van der Waals surface area contributed by atoms with Gasteiger partial charge >= 0.3 is 0 Å². The maximum absolute atomic E-state index is 11.0. The summed E-state index contributed by atoms with van der Waals surface area (Å²) in [5.74, 6) is 4.84. The van der Waals surface area contributed by atoms with E-state index >= 15 is 0 Å². The molecular weight excluding hydrogens is 192 g/mol. The van der Waals surface area contributed by atoms with Gasteiger partial charge in [-0.1, -0.05) is 5.92 Å². The number of morpholine rings is 1. The number of carbonyl (C=O) groups is 1. The number of nitrogens with one attached hydrogen (secondary N) is 1. The summed E-state index contributed by atoms with van der Waals surface area (Å²) in [6, 6.07) is 0. The minimum absolute atomic E-state index is 0.181. The Kier molecular flexibility index (Phi) is 5.83. The summed E-state index contributed by atoms with van der Waals surface area (Å²) in [7, 11) is 0. The number of nitrogens with zero attached hydrogens (tertiary/aromatic N) is 1. The Morgan fingerprint density at radius 1 is 1.47 bits per heavy atom. The molecule has 0 aliphatic carbocycles. The van der Waals surface area contributed by atoms with E-state index in [1.807, 2.05) is 0 Å². The molecule has 84 valence electrons. The average Bonchev–Trinajstić information content (AvgIpc) is 2.26. The van der Waals surface area contributed by atoms with E-state index in [0.717, 1.165) is 39.3 Å². The monoisotopic (exact) mass is 210 g/mol. The number of ether oxygens (including phenoxy) is 1. The molecule has 0 saturated carbocycles. The van der Waals surface area contributed by atoms with Crippen LogP contribution in [0.25, 0.3) is 0 Å². The second kappa shape index (κ2) is 7.27.